The average Bonchev–Trinajstić information content (AvgIpc) is 3.11. The van der Waals surface area contributed by atoms with Crippen LogP contribution in [0, 0.1) is 11.8 Å². The number of carbonyl (C=O) groups excluding carboxylic acids is 1. The molecule has 4 heteroatoms. The Morgan fingerprint density at radius 3 is 2.75 bits per heavy atom. The van der Waals surface area contributed by atoms with Gasteiger partial charge in [-0.1, -0.05) is 20.3 Å². The van der Waals surface area contributed by atoms with E-state index in [-0.39, 0.29) is 5.91 Å². The predicted molar refractivity (Wildman–Crippen MR) is 83.8 cm³/mol. The van der Waals surface area contributed by atoms with E-state index in [0.717, 1.165) is 22.5 Å². The molecule has 20 heavy (non-hydrogen) atoms. The number of carbonyl (C=O) groups is 1. The molecule has 2 aliphatic carbocycles. The quantitative estimate of drug-likeness (QED) is 0.879. The van der Waals surface area contributed by atoms with Gasteiger partial charge in [-0.25, -0.2) is 0 Å². The van der Waals surface area contributed by atoms with E-state index in [2.05, 4.69) is 39.7 Å². The number of aromatic nitrogens is 1. The van der Waals surface area contributed by atoms with E-state index in [9.17, 15) is 4.79 Å². The monoisotopic (exact) mass is 338 g/mol. The smallest absolute Gasteiger partial charge is 0.268 e. The summed E-state index contributed by atoms with van der Waals surface area (Å²) >= 11 is 3.49. The van der Waals surface area contributed by atoms with Gasteiger partial charge in [-0.15, -0.1) is 0 Å². The fraction of sp³-hybridized carbons (Fsp3) is 0.688. The highest BCUT2D eigenvalue weighted by Crippen LogP contribution is 2.38. The van der Waals surface area contributed by atoms with Gasteiger partial charge in [-0.2, -0.15) is 0 Å². The summed E-state index contributed by atoms with van der Waals surface area (Å²) in [6.45, 7) is 4.53. The van der Waals surface area contributed by atoms with Crippen LogP contribution in [-0.4, -0.2) is 16.5 Å². The SMILES string of the molecule is CCC1CCC(NC(=O)c2cc(Br)cn2C2CC2)C1C. The van der Waals surface area contributed by atoms with Gasteiger partial charge in [0.05, 0.1) is 0 Å². The Morgan fingerprint density at radius 2 is 2.15 bits per heavy atom. The molecule has 1 N–H and O–H groups in total. The first-order chi connectivity index (χ1) is 9.60. The van der Waals surface area contributed by atoms with Crippen molar-refractivity contribution in [3.63, 3.8) is 0 Å². The van der Waals surface area contributed by atoms with Crippen LogP contribution in [0.25, 0.3) is 0 Å². The maximum Gasteiger partial charge on any atom is 0.268 e. The molecular formula is C16H23BrN2O. The molecule has 3 nitrogen and oxygen atoms in total. The normalized spacial score (nSPS) is 29.6. The number of rotatable bonds is 4. The van der Waals surface area contributed by atoms with Gasteiger partial charge in [0.15, 0.2) is 0 Å². The van der Waals surface area contributed by atoms with Crippen LogP contribution in [0.2, 0.25) is 0 Å². The van der Waals surface area contributed by atoms with Crippen LogP contribution in [-0.2, 0) is 0 Å². The second-order valence-corrected chi connectivity index (χ2v) is 7.28. The van der Waals surface area contributed by atoms with E-state index in [4.69, 9.17) is 0 Å². The van der Waals surface area contributed by atoms with Crippen LogP contribution in [0.15, 0.2) is 16.7 Å². The summed E-state index contributed by atoms with van der Waals surface area (Å²) in [6.07, 6.45) is 8.02. The molecule has 2 fully saturated rings. The Kier molecular flexibility index (Phi) is 3.93. The molecule has 0 aliphatic heterocycles. The third-order valence-corrected chi connectivity index (χ3v) is 5.49. The molecule has 2 aliphatic rings. The number of nitrogens with zero attached hydrogens (tertiary/aromatic N) is 1. The van der Waals surface area contributed by atoms with Crippen LogP contribution in [0.3, 0.4) is 0 Å². The van der Waals surface area contributed by atoms with Gasteiger partial charge in [0.25, 0.3) is 5.91 Å². The van der Waals surface area contributed by atoms with Gasteiger partial charge in [0, 0.05) is 22.8 Å². The molecule has 0 saturated heterocycles. The van der Waals surface area contributed by atoms with E-state index >= 15 is 0 Å². The van der Waals surface area contributed by atoms with Gasteiger partial charge < -0.3 is 9.88 Å². The van der Waals surface area contributed by atoms with Gasteiger partial charge in [0.1, 0.15) is 5.69 Å². The second kappa shape index (κ2) is 5.55. The summed E-state index contributed by atoms with van der Waals surface area (Å²) in [6, 6.07) is 2.82. The third kappa shape index (κ3) is 2.67. The molecule has 3 atom stereocenters. The maximum atomic E-state index is 12.6. The first kappa shape index (κ1) is 14.2. The van der Waals surface area contributed by atoms with Crippen molar-refractivity contribution >= 4 is 21.8 Å². The van der Waals surface area contributed by atoms with Crippen molar-refractivity contribution in [3.8, 4) is 0 Å². The molecule has 1 aromatic rings. The average molecular weight is 339 g/mol. The van der Waals surface area contributed by atoms with Crippen LogP contribution in [0.5, 0.6) is 0 Å². The van der Waals surface area contributed by atoms with Crippen molar-refractivity contribution in [1.82, 2.24) is 9.88 Å². The third-order valence-electron chi connectivity index (χ3n) is 5.06. The van der Waals surface area contributed by atoms with Crippen LogP contribution < -0.4 is 5.32 Å². The first-order valence-electron chi connectivity index (χ1n) is 7.78. The standard InChI is InChI=1S/C16H23BrN2O/c1-3-11-4-7-14(10(11)2)18-16(20)15-8-12(17)9-19(15)13-5-6-13/h8-11,13-14H,3-7H2,1-2H3,(H,18,20). The highest BCUT2D eigenvalue weighted by atomic mass is 79.9. The van der Waals surface area contributed by atoms with Gasteiger partial charge in [0.2, 0.25) is 0 Å². The first-order valence-corrected chi connectivity index (χ1v) is 8.57. The molecule has 2 saturated carbocycles. The number of amides is 1. The summed E-state index contributed by atoms with van der Waals surface area (Å²) in [5.74, 6) is 1.45. The maximum absolute atomic E-state index is 12.6. The lowest BCUT2D eigenvalue weighted by atomic mass is 9.93. The van der Waals surface area contributed by atoms with Crippen molar-refractivity contribution in [3.05, 3.63) is 22.4 Å². The Labute approximate surface area is 129 Å². The number of halogens is 1. The lowest BCUT2D eigenvalue weighted by Gasteiger charge is -2.21. The lowest BCUT2D eigenvalue weighted by Crippen LogP contribution is -2.38. The summed E-state index contributed by atoms with van der Waals surface area (Å²) in [5, 5.41) is 3.26. The Hall–Kier alpha value is -0.770. The molecule has 3 rings (SSSR count). The Balaban J connectivity index is 1.70. The van der Waals surface area contributed by atoms with Gasteiger partial charge in [-0.05, 0) is 59.5 Å². The Morgan fingerprint density at radius 1 is 1.40 bits per heavy atom. The van der Waals surface area contributed by atoms with Crippen molar-refractivity contribution in [2.45, 2.75) is 58.0 Å². The van der Waals surface area contributed by atoms with Crippen molar-refractivity contribution < 1.29 is 4.79 Å². The fourth-order valence-corrected chi connectivity index (χ4v) is 3.99. The van der Waals surface area contributed by atoms with Crippen molar-refractivity contribution in [2.24, 2.45) is 11.8 Å². The lowest BCUT2D eigenvalue weighted by molar-refractivity contribution is 0.0917. The van der Waals surface area contributed by atoms with E-state index in [1.165, 1.54) is 25.7 Å². The topological polar surface area (TPSA) is 34.0 Å². The molecule has 3 unspecified atom stereocenters. The predicted octanol–water partition coefficient (Wildman–Crippen LogP) is 4.14. The second-order valence-electron chi connectivity index (χ2n) is 6.37. The van der Waals surface area contributed by atoms with Gasteiger partial charge in [-0.3, -0.25) is 4.79 Å². The highest BCUT2D eigenvalue weighted by molar-refractivity contribution is 9.10. The minimum absolute atomic E-state index is 0.0937. The fourth-order valence-electron chi connectivity index (χ4n) is 3.55. The summed E-state index contributed by atoms with van der Waals surface area (Å²) < 4.78 is 3.14. The van der Waals surface area contributed by atoms with Crippen molar-refractivity contribution in [1.29, 1.82) is 0 Å². The van der Waals surface area contributed by atoms with Crippen LogP contribution in [0.4, 0.5) is 0 Å². The van der Waals surface area contributed by atoms with Gasteiger partial charge >= 0.3 is 0 Å². The zero-order chi connectivity index (χ0) is 14.3. The van der Waals surface area contributed by atoms with E-state index in [1.54, 1.807) is 0 Å². The van der Waals surface area contributed by atoms with Crippen molar-refractivity contribution in [2.75, 3.05) is 0 Å². The molecule has 0 spiro atoms. The molecule has 0 radical (unpaired) electrons. The van der Waals surface area contributed by atoms with E-state index in [0.29, 0.717) is 18.0 Å². The highest BCUT2D eigenvalue weighted by Gasteiger charge is 2.34. The molecule has 0 aromatic carbocycles. The number of nitrogens with one attached hydrogen (secondary N) is 1. The van der Waals surface area contributed by atoms with E-state index in [1.807, 2.05) is 12.3 Å². The molecule has 1 aromatic heterocycles. The molecule has 1 heterocycles. The zero-order valence-electron chi connectivity index (χ0n) is 12.2. The minimum Gasteiger partial charge on any atom is -0.348 e. The Bertz CT molecular complexity index is 507. The van der Waals surface area contributed by atoms with E-state index < -0.39 is 0 Å². The molecule has 110 valence electrons. The van der Waals surface area contributed by atoms with Crippen LogP contribution >= 0.6 is 15.9 Å². The molecule has 1 amide bonds. The number of hydrogen-bond acceptors (Lipinski definition) is 1. The summed E-state index contributed by atoms with van der Waals surface area (Å²) in [4.78, 5) is 12.6. The zero-order valence-corrected chi connectivity index (χ0v) is 13.8. The molecular weight excluding hydrogens is 316 g/mol. The molecule has 0 bridgehead atoms. The minimum atomic E-state index is 0.0937. The largest absolute Gasteiger partial charge is 0.348 e. The number of hydrogen-bond donors (Lipinski definition) is 1. The van der Waals surface area contributed by atoms with Crippen LogP contribution in [0.1, 0.15) is 62.5 Å². The summed E-state index contributed by atoms with van der Waals surface area (Å²) in [5.41, 5.74) is 0.812. The summed E-state index contributed by atoms with van der Waals surface area (Å²) in [7, 11) is 0.